The Morgan fingerprint density at radius 1 is 1.27 bits per heavy atom. The van der Waals surface area contributed by atoms with E-state index >= 15 is 0 Å². The van der Waals surface area contributed by atoms with Crippen molar-refractivity contribution >= 4 is 11.7 Å². The first-order valence-electron chi connectivity index (χ1n) is 4.98. The van der Waals surface area contributed by atoms with Gasteiger partial charge in [-0.05, 0) is 6.07 Å². The fourth-order valence-electron chi connectivity index (χ4n) is 2.10. The van der Waals surface area contributed by atoms with Gasteiger partial charge in [-0.2, -0.15) is 0 Å². The molecule has 0 saturated heterocycles. The molecule has 1 aromatic carbocycles. The van der Waals surface area contributed by atoms with Gasteiger partial charge >= 0.3 is 0 Å². The summed E-state index contributed by atoms with van der Waals surface area (Å²) < 4.78 is 0. The van der Waals surface area contributed by atoms with Gasteiger partial charge in [0, 0.05) is 12.6 Å². The molecule has 2 aliphatic heterocycles. The van der Waals surface area contributed by atoms with Crippen LogP contribution in [-0.2, 0) is 0 Å². The van der Waals surface area contributed by atoms with Gasteiger partial charge in [0.05, 0.1) is 18.7 Å². The Hall–Kier alpha value is -1.84. The summed E-state index contributed by atoms with van der Waals surface area (Å²) in [5, 5.41) is 3.58. The lowest BCUT2D eigenvalue weighted by atomic mass is 10.0. The predicted molar refractivity (Wildman–Crippen MR) is 56.6 cm³/mol. The van der Waals surface area contributed by atoms with E-state index in [4.69, 9.17) is 0 Å². The molecule has 0 radical (unpaired) electrons. The van der Waals surface area contributed by atoms with E-state index in [1.807, 2.05) is 29.3 Å². The number of amidine groups is 1. The highest BCUT2D eigenvalue weighted by Crippen LogP contribution is 2.23. The van der Waals surface area contributed by atoms with Crippen molar-refractivity contribution in [2.45, 2.75) is 0 Å². The van der Waals surface area contributed by atoms with Crippen molar-refractivity contribution in [1.82, 2.24) is 10.0 Å². The van der Waals surface area contributed by atoms with Gasteiger partial charge in [0.15, 0.2) is 5.84 Å². The van der Waals surface area contributed by atoms with Crippen LogP contribution in [0.4, 0.5) is 0 Å². The van der Waals surface area contributed by atoms with Crippen LogP contribution in [0.2, 0.25) is 0 Å². The summed E-state index contributed by atoms with van der Waals surface area (Å²) in [6.45, 7) is 1.56. The average Bonchev–Trinajstić information content (AvgIpc) is 2.75. The summed E-state index contributed by atoms with van der Waals surface area (Å²) in [5.74, 6) is 0.971. The molecular weight excluding hydrogens is 190 g/mol. The zero-order chi connectivity index (χ0) is 10.4. The van der Waals surface area contributed by atoms with Crippen molar-refractivity contribution < 1.29 is 4.79 Å². The van der Waals surface area contributed by atoms with E-state index in [1.54, 1.807) is 12.1 Å². The number of amides is 1. The van der Waals surface area contributed by atoms with Crippen molar-refractivity contribution in [3.63, 3.8) is 0 Å². The first-order valence-corrected chi connectivity index (χ1v) is 4.98. The largest absolute Gasteiger partial charge is 0.272 e. The number of rotatable bonds is 0. The predicted octanol–water partition coefficient (Wildman–Crippen LogP) is 0.749. The van der Waals surface area contributed by atoms with Crippen molar-refractivity contribution in [1.29, 1.82) is 0 Å². The van der Waals surface area contributed by atoms with E-state index < -0.39 is 0 Å². The lowest BCUT2D eigenvalue weighted by Crippen LogP contribution is -2.50. The monoisotopic (exact) mass is 201 g/mol. The molecule has 3 rings (SSSR count). The van der Waals surface area contributed by atoms with Gasteiger partial charge in [0.25, 0.3) is 5.91 Å². The van der Waals surface area contributed by atoms with E-state index in [1.165, 1.54) is 0 Å². The Morgan fingerprint density at radius 3 is 2.80 bits per heavy atom. The fourth-order valence-corrected chi connectivity index (χ4v) is 2.10. The maximum absolute atomic E-state index is 12.0. The zero-order valence-corrected chi connectivity index (χ0v) is 8.47. The van der Waals surface area contributed by atoms with Crippen molar-refractivity contribution in [2.24, 2.45) is 4.99 Å². The molecule has 0 atom stereocenters. The molecule has 1 amide bonds. The Morgan fingerprint density at radius 2 is 2.00 bits per heavy atom. The minimum atomic E-state index is 0.0476. The smallest absolute Gasteiger partial charge is 0.267 e. The third-order valence-electron chi connectivity index (χ3n) is 2.87. The lowest BCUT2D eigenvalue weighted by molar-refractivity contribution is 0.0431. The number of benzene rings is 1. The molecule has 0 aliphatic carbocycles. The molecule has 1 aromatic rings. The van der Waals surface area contributed by atoms with Crippen molar-refractivity contribution in [3.05, 3.63) is 35.4 Å². The van der Waals surface area contributed by atoms with Gasteiger partial charge in [-0.25, -0.2) is 0 Å². The quantitative estimate of drug-likeness (QED) is 0.621. The van der Waals surface area contributed by atoms with Crippen molar-refractivity contribution in [2.75, 3.05) is 20.1 Å². The van der Waals surface area contributed by atoms with Gasteiger partial charge < -0.3 is 0 Å². The van der Waals surface area contributed by atoms with Crippen LogP contribution in [0.5, 0.6) is 0 Å². The number of hydrazine groups is 1. The molecule has 2 heterocycles. The molecule has 0 unspecified atom stereocenters. The van der Waals surface area contributed by atoms with Crippen LogP contribution in [-0.4, -0.2) is 41.9 Å². The molecule has 0 saturated carbocycles. The van der Waals surface area contributed by atoms with Gasteiger partial charge in [0.2, 0.25) is 0 Å². The topological polar surface area (TPSA) is 35.9 Å². The van der Waals surface area contributed by atoms with Crippen LogP contribution >= 0.6 is 0 Å². The van der Waals surface area contributed by atoms with E-state index in [-0.39, 0.29) is 5.91 Å². The second-order valence-electron chi connectivity index (χ2n) is 3.70. The second kappa shape index (κ2) is 2.82. The summed E-state index contributed by atoms with van der Waals surface area (Å²) in [7, 11) is 1.79. The summed E-state index contributed by atoms with van der Waals surface area (Å²) >= 11 is 0. The number of nitrogens with zero attached hydrogens (tertiary/aromatic N) is 3. The molecule has 4 heteroatoms. The number of hydrogen-bond acceptors (Lipinski definition) is 3. The first-order chi connectivity index (χ1) is 7.29. The highest BCUT2D eigenvalue weighted by atomic mass is 16.2. The number of hydrogen-bond donors (Lipinski definition) is 0. The summed E-state index contributed by atoms with van der Waals surface area (Å²) in [6.07, 6.45) is 0. The van der Waals surface area contributed by atoms with E-state index in [2.05, 4.69) is 4.99 Å². The van der Waals surface area contributed by atoms with Crippen LogP contribution in [0, 0.1) is 0 Å². The second-order valence-corrected chi connectivity index (χ2v) is 3.70. The van der Waals surface area contributed by atoms with Crippen LogP contribution in [0.1, 0.15) is 15.9 Å². The van der Waals surface area contributed by atoms with Gasteiger partial charge in [-0.15, -0.1) is 0 Å². The first kappa shape index (κ1) is 8.47. The Balaban J connectivity index is 2.24. The third-order valence-corrected chi connectivity index (χ3v) is 2.87. The van der Waals surface area contributed by atoms with Crippen LogP contribution in [0.3, 0.4) is 0 Å². The van der Waals surface area contributed by atoms with Gasteiger partial charge in [0.1, 0.15) is 0 Å². The van der Waals surface area contributed by atoms with Crippen LogP contribution in [0.25, 0.3) is 0 Å². The van der Waals surface area contributed by atoms with Gasteiger partial charge in [-0.1, -0.05) is 18.2 Å². The molecule has 15 heavy (non-hydrogen) atoms. The summed E-state index contributed by atoms with van der Waals surface area (Å²) in [4.78, 5) is 16.4. The highest BCUT2D eigenvalue weighted by molar-refractivity contribution is 6.13. The van der Waals surface area contributed by atoms with E-state index in [0.717, 1.165) is 30.1 Å². The van der Waals surface area contributed by atoms with Crippen molar-refractivity contribution in [3.8, 4) is 0 Å². The van der Waals surface area contributed by atoms with E-state index in [9.17, 15) is 4.79 Å². The lowest BCUT2D eigenvalue weighted by Gasteiger charge is -2.35. The van der Waals surface area contributed by atoms with Crippen LogP contribution in [0.15, 0.2) is 29.3 Å². The molecular formula is C11H11N3O. The average molecular weight is 201 g/mol. The standard InChI is InChI=1S/C11H11N3O/c1-13-11(15)9-5-3-2-4-8(9)10-12-6-7-14(10)13/h2-5H,6-7H2,1H3. The molecule has 0 spiro atoms. The number of carbonyl (C=O) groups excluding carboxylic acids is 1. The maximum atomic E-state index is 12.0. The number of aliphatic imine (C=N–C) groups is 1. The zero-order valence-electron chi connectivity index (χ0n) is 8.47. The summed E-state index contributed by atoms with van der Waals surface area (Å²) in [6, 6.07) is 7.63. The molecule has 0 aromatic heterocycles. The molecule has 76 valence electrons. The molecule has 0 N–H and O–H groups in total. The van der Waals surface area contributed by atoms with Gasteiger partial charge in [-0.3, -0.25) is 19.8 Å². The number of carbonyl (C=O) groups is 1. The normalized spacial score (nSPS) is 18.7. The van der Waals surface area contributed by atoms with Crippen LogP contribution < -0.4 is 0 Å². The third kappa shape index (κ3) is 1.02. The maximum Gasteiger partial charge on any atom is 0.272 e. The molecule has 2 aliphatic rings. The summed E-state index contributed by atoms with van der Waals surface area (Å²) in [5.41, 5.74) is 1.70. The molecule has 4 nitrogen and oxygen atoms in total. The fraction of sp³-hybridized carbons (Fsp3) is 0.273. The van der Waals surface area contributed by atoms with E-state index in [0.29, 0.717) is 0 Å². The number of fused-ring (bicyclic) bond motifs is 3. The Bertz CT molecular complexity index is 467. The minimum Gasteiger partial charge on any atom is -0.267 e. The highest BCUT2D eigenvalue weighted by Gasteiger charge is 2.34. The Labute approximate surface area is 87.8 Å². The molecule has 0 bridgehead atoms. The Kier molecular flexibility index (Phi) is 1.59. The molecule has 0 fully saturated rings. The SMILES string of the molecule is CN1C(=O)c2ccccc2C2=NCCN21. The minimum absolute atomic E-state index is 0.0476.